The topological polar surface area (TPSA) is 64.9 Å². The molecule has 0 aliphatic heterocycles. The molecule has 0 unspecified atom stereocenters. The van der Waals surface area contributed by atoms with E-state index in [2.05, 4.69) is 9.97 Å². The molecular weight excluding hydrogens is 226 g/mol. The van der Waals surface area contributed by atoms with Crippen LogP contribution < -0.4 is 5.73 Å². The van der Waals surface area contributed by atoms with E-state index < -0.39 is 0 Å². The highest BCUT2D eigenvalue weighted by molar-refractivity contribution is 5.74. The molecule has 0 aliphatic carbocycles. The van der Waals surface area contributed by atoms with Gasteiger partial charge < -0.3 is 10.2 Å². The van der Waals surface area contributed by atoms with E-state index in [1.54, 1.807) is 0 Å². The molecule has 4 nitrogen and oxygen atoms in total. The predicted molar refractivity (Wildman–Crippen MR) is 71.1 cm³/mol. The third kappa shape index (κ3) is 1.72. The number of anilines is 1. The van der Waals surface area contributed by atoms with Gasteiger partial charge in [0.1, 0.15) is 0 Å². The molecule has 0 aliphatic rings. The molecule has 0 radical (unpaired) electrons. The van der Waals surface area contributed by atoms with Crippen LogP contribution in [0, 0.1) is 13.8 Å². The number of aryl methyl sites for hydroxylation is 2. The van der Waals surface area contributed by atoms with E-state index in [0.29, 0.717) is 17.1 Å². The van der Waals surface area contributed by atoms with Gasteiger partial charge in [-0.15, -0.1) is 0 Å². The Morgan fingerprint density at radius 3 is 2.67 bits per heavy atom. The van der Waals surface area contributed by atoms with Gasteiger partial charge in [0.2, 0.25) is 5.89 Å². The summed E-state index contributed by atoms with van der Waals surface area (Å²) >= 11 is 0. The van der Waals surface area contributed by atoms with E-state index in [4.69, 9.17) is 10.2 Å². The summed E-state index contributed by atoms with van der Waals surface area (Å²) in [6.45, 7) is 3.92. The Bertz CT molecular complexity index is 731. The molecule has 0 fully saturated rings. The van der Waals surface area contributed by atoms with Crippen molar-refractivity contribution in [3.8, 4) is 11.5 Å². The summed E-state index contributed by atoms with van der Waals surface area (Å²) < 4.78 is 5.72. The van der Waals surface area contributed by atoms with E-state index in [0.717, 1.165) is 22.5 Å². The molecule has 3 rings (SSSR count). The Kier molecular flexibility index (Phi) is 2.30. The summed E-state index contributed by atoms with van der Waals surface area (Å²) in [5.41, 5.74) is 10.7. The molecule has 90 valence electrons. The number of hydrogen-bond acceptors (Lipinski definition) is 4. The van der Waals surface area contributed by atoms with Crippen LogP contribution in [0.4, 0.5) is 5.69 Å². The first-order valence-electron chi connectivity index (χ1n) is 5.74. The minimum absolute atomic E-state index is 0.584. The lowest BCUT2D eigenvalue weighted by Gasteiger charge is -2.01. The molecule has 0 saturated heterocycles. The van der Waals surface area contributed by atoms with Crippen LogP contribution in [0.15, 0.2) is 34.7 Å². The Morgan fingerprint density at radius 2 is 1.89 bits per heavy atom. The zero-order valence-corrected chi connectivity index (χ0v) is 10.3. The lowest BCUT2D eigenvalue weighted by Crippen LogP contribution is -1.88. The average molecular weight is 239 g/mol. The van der Waals surface area contributed by atoms with Crippen LogP contribution in [-0.2, 0) is 0 Å². The van der Waals surface area contributed by atoms with Crippen molar-refractivity contribution < 1.29 is 4.42 Å². The molecule has 0 atom stereocenters. The van der Waals surface area contributed by atoms with Crippen molar-refractivity contribution in [3.05, 3.63) is 41.6 Å². The number of pyridine rings is 1. The second-order valence-electron chi connectivity index (χ2n) is 4.37. The number of rotatable bonds is 1. The van der Waals surface area contributed by atoms with Crippen LogP contribution in [0.5, 0.6) is 0 Å². The Hall–Kier alpha value is -2.36. The highest BCUT2D eigenvalue weighted by Crippen LogP contribution is 2.27. The van der Waals surface area contributed by atoms with Gasteiger partial charge in [0.15, 0.2) is 11.2 Å². The molecule has 0 saturated carbocycles. The van der Waals surface area contributed by atoms with Crippen LogP contribution in [-0.4, -0.2) is 9.97 Å². The van der Waals surface area contributed by atoms with Gasteiger partial charge in [0, 0.05) is 16.9 Å². The number of nitrogens with two attached hydrogens (primary N) is 1. The fraction of sp³-hybridized carbons (Fsp3) is 0.143. The molecule has 18 heavy (non-hydrogen) atoms. The molecule has 0 spiro atoms. The van der Waals surface area contributed by atoms with Crippen molar-refractivity contribution in [3.63, 3.8) is 0 Å². The van der Waals surface area contributed by atoms with Gasteiger partial charge in [-0.1, -0.05) is 0 Å². The van der Waals surface area contributed by atoms with Crippen molar-refractivity contribution in [2.24, 2.45) is 0 Å². The van der Waals surface area contributed by atoms with Gasteiger partial charge in [-0.2, -0.15) is 4.98 Å². The fourth-order valence-corrected chi connectivity index (χ4v) is 1.96. The third-order valence-electron chi connectivity index (χ3n) is 2.87. The summed E-state index contributed by atoms with van der Waals surface area (Å²) in [5, 5.41) is 0. The minimum atomic E-state index is 0.584. The number of hydrogen-bond donors (Lipinski definition) is 1. The molecular formula is C14H13N3O. The van der Waals surface area contributed by atoms with Crippen LogP contribution in [0.1, 0.15) is 11.3 Å². The van der Waals surface area contributed by atoms with E-state index in [1.807, 2.05) is 44.2 Å². The van der Waals surface area contributed by atoms with Gasteiger partial charge in [-0.3, -0.25) is 0 Å². The molecule has 4 heteroatoms. The molecule has 2 N–H and O–H groups in total. The SMILES string of the molecule is Cc1ccc2oc(-c3ccc(N)cc3C)nc2n1. The van der Waals surface area contributed by atoms with E-state index in [1.165, 1.54) is 0 Å². The zero-order chi connectivity index (χ0) is 12.7. The first-order chi connectivity index (χ1) is 8.63. The Labute approximate surface area is 104 Å². The van der Waals surface area contributed by atoms with Crippen molar-refractivity contribution in [2.75, 3.05) is 5.73 Å². The lowest BCUT2D eigenvalue weighted by molar-refractivity contribution is 0.619. The number of fused-ring (bicyclic) bond motifs is 1. The maximum Gasteiger partial charge on any atom is 0.229 e. The summed E-state index contributed by atoms with van der Waals surface area (Å²) in [4.78, 5) is 8.76. The van der Waals surface area contributed by atoms with Crippen LogP contribution in [0.2, 0.25) is 0 Å². The molecule has 1 aromatic carbocycles. The maximum absolute atomic E-state index is 5.74. The first-order valence-corrected chi connectivity index (χ1v) is 5.74. The summed E-state index contributed by atoms with van der Waals surface area (Å²) in [6, 6.07) is 9.47. The van der Waals surface area contributed by atoms with Crippen molar-refractivity contribution in [1.29, 1.82) is 0 Å². The van der Waals surface area contributed by atoms with Crippen LogP contribution in [0.25, 0.3) is 22.7 Å². The van der Waals surface area contributed by atoms with E-state index in [-0.39, 0.29) is 0 Å². The van der Waals surface area contributed by atoms with Gasteiger partial charge in [-0.05, 0) is 49.7 Å². The third-order valence-corrected chi connectivity index (χ3v) is 2.87. The zero-order valence-electron chi connectivity index (χ0n) is 10.3. The fourth-order valence-electron chi connectivity index (χ4n) is 1.96. The minimum Gasteiger partial charge on any atom is -0.434 e. The van der Waals surface area contributed by atoms with Gasteiger partial charge in [0.25, 0.3) is 0 Å². The van der Waals surface area contributed by atoms with Crippen molar-refractivity contribution in [2.45, 2.75) is 13.8 Å². The van der Waals surface area contributed by atoms with E-state index >= 15 is 0 Å². The average Bonchev–Trinajstić information content (AvgIpc) is 2.71. The Morgan fingerprint density at radius 1 is 1.06 bits per heavy atom. The second kappa shape index (κ2) is 3.84. The summed E-state index contributed by atoms with van der Waals surface area (Å²) in [7, 11) is 0. The number of benzene rings is 1. The summed E-state index contributed by atoms with van der Waals surface area (Å²) in [6.07, 6.45) is 0. The quantitative estimate of drug-likeness (QED) is 0.663. The number of oxazole rings is 1. The maximum atomic E-state index is 5.74. The highest BCUT2D eigenvalue weighted by Gasteiger charge is 2.11. The normalized spacial score (nSPS) is 11.0. The standard InChI is InChI=1S/C14H13N3O/c1-8-7-10(15)4-5-11(8)14-17-13-12(18-14)6-3-9(2)16-13/h3-7H,15H2,1-2H3. The molecule has 0 bridgehead atoms. The van der Waals surface area contributed by atoms with E-state index in [9.17, 15) is 0 Å². The molecule has 3 aromatic rings. The molecule has 2 aromatic heterocycles. The number of aromatic nitrogens is 2. The first kappa shape index (κ1) is 10.8. The molecule has 2 heterocycles. The summed E-state index contributed by atoms with van der Waals surface area (Å²) in [5.74, 6) is 0.584. The highest BCUT2D eigenvalue weighted by atomic mass is 16.3. The Balaban J connectivity index is 2.19. The molecule has 0 amide bonds. The van der Waals surface area contributed by atoms with Gasteiger partial charge in [0.05, 0.1) is 0 Å². The van der Waals surface area contributed by atoms with Crippen LogP contribution in [0.3, 0.4) is 0 Å². The largest absolute Gasteiger partial charge is 0.434 e. The second-order valence-corrected chi connectivity index (χ2v) is 4.37. The van der Waals surface area contributed by atoms with Gasteiger partial charge >= 0.3 is 0 Å². The monoisotopic (exact) mass is 239 g/mol. The number of nitrogens with zero attached hydrogens (tertiary/aromatic N) is 2. The lowest BCUT2D eigenvalue weighted by atomic mass is 10.1. The number of nitrogen functional groups attached to an aromatic ring is 1. The smallest absolute Gasteiger partial charge is 0.229 e. The van der Waals surface area contributed by atoms with Gasteiger partial charge in [-0.25, -0.2) is 4.98 Å². The predicted octanol–water partition coefficient (Wildman–Crippen LogP) is 3.09. The van der Waals surface area contributed by atoms with Crippen molar-refractivity contribution in [1.82, 2.24) is 9.97 Å². The van der Waals surface area contributed by atoms with Crippen molar-refractivity contribution >= 4 is 16.9 Å². The van der Waals surface area contributed by atoms with Crippen LogP contribution >= 0.6 is 0 Å².